The predicted octanol–water partition coefficient (Wildman–Crippen LogP) is 1.87. The minimum absolute atomic E-state index is 0.0180. The van der Waals surface area contributed by atoms with Crippen LogP contribution in [0.2, 0.25) is 0 Å². The van der Waals surface area contributed by atoms with Crippen molar-refractivity contribution in [1.29, 1.82) is 0 Å². The van der Waals surface area contributed by atoms with Crippen molar-refractivity contribution in [3.63, 3.8) is 0 Å². The van der Waals surface area contributed by atoms with E-state index >= 15 is 0 Å². The second-order valence-corrected chi connectivity index (χ2v) is 4.65. The highest BCUT2D eigenvalue weighted by Gasteiger charge is 2.38. The highest BCUT2D eigenvalue weighted by Crippen LogP contribution is 2.45. The Labute approximate surface area is 95.0 Å². The van der Waals surface area contributed by atoms with Gasteiger partial charge in [-0.2, -0.15) is 0 Å². The molecule has 0 unspecified atom stereocenters. The van der Waals surface area contributed by atoms with Crippen molar-refractivity contribution in [3.05, 3.63) is 23.8 Å². The molecule has 86 valence electrons. The van der Waals surface area contributed by atoms with E-state index in [0.717, 1.165) is 24.3 Å². The third kappa shape index (κ3) is 1.39. The van der Waals surface area contributed by atoms with Crippen molar-refractivity contribution >= 4 is 0 Å². The van der Waals surface area contributed by atoms with Crippen molar-refractivity contribution in [2.75, 3.05) is 19.8 Å². The smallest absolute Gasteiger partial charge is 0.161 e. The zero-order chi connectivity index (χ0) is 11.0. The number of ether oxygens (including phenoxy) is 2. The van der Waals surface area contributed by atoms with Crippen LogP contribution in [0.25, 0.3) is 0 Å². The SMILES string of the molecule is OCC1(c2ccc3c(c2)OCCO3)CCC1. The van der Waals surface area contributed by atoms with Crippen LogP contribution in [0.4, 0.5) is 0 Å². The van der Waals surface area contributed by atoms with Crippen molar-refractivity contribution in [2.24, 2.45) is 0 Å². The molecule has 0 bridgehead atoms. The van der Waals surface area contributed by atoms with Crippen molar-refractivity contribution in [1.82, 2.24) is 0 Å². The lowest BCUT2D eigenvalue weighted by molar-refractivity contribution is 0.119. The monoisotopic (exact) mass is 220 g/mol. The Kier molecular flexibility index (Phi) is 2.28. The summed E-state index contributed by atoms with van der Waals surface area (Å²) in [5.74, 6) is 1.64. The van der Waals surface area contributed by atoms with E-state index in [9.17, 15) is 5.11 Å². The average Bonchev–Trinajstić information content (AvgIpc) is 2.28. The molecular weight excluding hydrogens is 204 g/mol. The minimum Gasteiger partial charge on any atom is -0.486 e. The molecule has 1 fully saturated rings. The molecule has 16 heavy (non-hydrogen) atoms. The summed E-state index contributed by atoms with van der Waals surface area (Å²) >= 11 is 0. The molecule has 3 rings (SSSR count). The summed E-state index contributed by atoms with van der Waals surface area (Å²) in [6.45, 7) is 1.46. The lowest BCUT2D eigenvalue weighted by atomic mass is 9.65. The van der Waals surface area contributed by atoms with Gasteiger partial charge in [-0.1, -0.05) is 12.5 Å². The molecule has 1 aromatic carbocycles. The lowest BCUT2D eigenvalue weighted by Crippen LogP contribution is -2.38. The highest BCUT2D eigenvalue weighted by molar-refractivity contribution is 5.46. The fraction of sp³-hybridized carbons (Fsp3) is 0.538. The van der Waals surface area contributed by atoms with E-state index in [4.69, 9.17) is 9.47 Å². The maximum atomic E-state index is 9.52. The van der Waals surface area contributed by atoms with Crippen molar-refractivity contribution in [3.8, 4) is 11.5 Å². The number of fused-ring (bicyclic) bond motifs is 1. The molecule has 0 atom stereocenters. The highest BCUT2D eigenvalue weighted by atomic mass is 16.6. The van der Waals surface area contributed by atoms with Crippen LogP contribution in [0.3, 0.4) is 0 Å². The van der Waals surface area contributed by atoms with E-state index in [2.05, 4.69) is 6.07 Å². The lowest BCUT2D eigenvalue weighted by Gasteiger charge is -2.41. The van der Waals surface area contributed by atoms with E-state index in [0.29, 0.717) is 13.2 Å². The molecule has 3 nitrogen and oxygen atoms in total. The first-order valence-corrected chi connectivity index (χ1v) is 5.85. The van der Waals surface area contributed by atoms with Crippen LogP contribution >= 0.6 is 0 Å². The topological polar surface area (TPSA) is 38.7 Å². The van der Waals surface area contributed by atoms with E-state index in [1.165, 1.54) is 12.0 Å². The molecule has 1 saturated carbocycles. The molecular formula is C13H16O3. The standard InChI is InChI=1S/C13H16O3/c14-9-13(4-1-5-13)10-2-3-11-12(8-10)16-7-6-15-11/h2-3,8,14H,1,4-7,9H2. The largest absolute Gasteiger partial charge is 0.486 e. The Morgan fingerprint density at radius 3 is 2.50 bits per heavy atom. The summed E-state index contributed by atoms with van der Waals surface area (Å²) in [6, 6.07) is 6.05. The van der Waals surface area contributed by atoms with E-state index in [1.54, 1.807) is 0 Å². The third-order valence-electron chi connectivity index (χ3n) is 3.77. The van der Waals surface area contributed by atoms with Gasteiger partial charge in [0.15, 0.2) is 11.5 Å². The molecule has 1 aromatic rings. The average molecular weight is 220 g/mol. The second kappa shape index (κ2) is 3.67. The number of hydrogen-bond donors (Lipinski definition) is 1. The molecule has 1 heterocycles. The van der Waals surface area contributed by atoms with E-state index in [1.807, 2.05) is 12.1 Å². The van der Waals surface area contributed by atoms with Crippen LogP contribution in [0.1, 0.15) is 24.8 Å². The van der Waals surface area contributed by atoms with Gasteiger partial charge in [-0.25, -0.2) is 0 Å². The molecule has 3 heteroatoms. The van der Waals surface area contributed by atoms with Gasteiger partial charge in [0.05, 0.1) is 6.61 Å². The van der Waals surface area contributed by atoms with Crippen molar-refractivity contribution < 1.29 is 14.6 Å². The number of aliphatic hydroxyl groups is 1. The van der Waals surface area contributed by atoms with Gasteiger partial charge >= 0.3 is 0 Å². The summed E-state index contributed by atoms with van der Waals surface area (Å²) in [4.78, 5) is 0. The van der Waals surface area contributed by atoms with Crippen molar-refractivity contribution in [2.45, 2.75) is 24.7 Å². The van der Waals surface area contributed by atoms with Crippen LogP contribution in [0, 0.1) is 0 Å². The second-order valence-electron chi connectivity index (χ2n) is 4.65. The maximum Gasteiger partial charge on any atom is 0.161 e. The molecule has 0 saturated heterocycles. The molecule has 0 spiro atoms. The number of rotatable bonds is 2. The van der Waals surface area contributed by atoms with Gasteiger partial charge in [0, 0.05) is 5.41 Å². The molecule has 0 radical (unpaired) electrons. The summed E-state index contributed by atoms with van der Waals surface area (Å²) in [7, 11) is 0. The predicted molar refractivity (Wildman–Crippen MR) is 60.0 cm³/mol. The van der Waals surface area contributed by atoms with Crippen LogP contribution in [0.5, 0.6) is 11.5 Å². The van der Waals surface area contributed by atoms with Gasteiger partial charge in [0.2, 0.25) is 0 Å². The summed E-state index contributed by atoms with van der Waals surface area (Å²) in [6.07, 6.45) is 3.35. The van der Waals surface area contributed by atoms with E-state index < -0.39 is 0 Å². The number of aliphatic hydroxyl groups excluding tert-OH is 1. The van der Waals surface area contributed by atoms with Gasteiger partial charge in [-0.3, -0.25) is 0 Å². The van der Waals surface area contributed by atoms with Crippen LogP contribution in [-0.2, 0) is 5.41 Å². The van der Waals surface area contributed by atoms with Gasteiger partial charge in [-0.05, 0) is 30.5 Å². The Hall–Kier alpha value is -1.22. The fourth-order valence-corrected chi connectivity index (χ4v) is 2.51. The van der Waals surface area contributed by atoms with Crippen LogP contribution in [0.15, 0.2) is 18.2 Å². The molecule has 2 aliphatic rings. The first-order chi connectivity index (χ1) is 7.84. The van der Waals surface area contributed by atoms with Crippen LogP contribution < -0.4 is 9.47 Å². The summed E-state index contributed by atoms with van der Waals surface area (Å²) in [5, 5.41) is 9.52. The Balaban J connectivity index is 1.96. The Morgan fingerprint density at radius 2 is 1.88 bits per heavy atom. The normalized spacial score (nSPS) is 21.3. The maximum absolute atomic E-state index is 9.52. The number of benzene rings is 1. The quantitative estimate of drug-likeness (QED) is 0.827. The van der Waals surface area contributed by atoms with Gasteiger partial charge in [0.1, 0.15) is 13.2 Å². The first kappa shape index (κ1) is 9.97. The van der Waals surface area contributed by atoms with E-state index in [-0.39, 0.29) is 12.0 Å². The first-order valence-electron chi connectivity index (χ1n) is 5.85. The summed E-state index contributed by atoms with van der Waals surface area (Å²) < 4.78 is 11.1. The zero-order valence-electron chi connectivity index (χ0n) is 9.24. The van der Waals surface area contributed by atoms with Crippen LogP contribution in [-0.4, -0.2) is 24.9 Å². The molecule has 0 aromatic heterocycles. The summed E-state index contributed by atoms with van der Waals surface area (Å²) in [5.41, 5.74) is 1.17. The van der Waals surface area contributed by atoms with Gasteiger partial charge in [-0.15, -0.1) is 0 Å². The number of hydrogen-bond acceptors (Lipinski definition) is 3. The molecule has 0 amide bonds. The molecule has 1 aliphatic carbocycles. The minimum atomic E-state index is -0.0180. The molecule has 1 aliphatic heterocycles. The fourth-order valence-electron chi connectivity index (χ4n) is 2.51. The Morgan fingerprint density at radius 1 is 1.12 bits per heavy atom. The molecule has 1 N–H and O–H groups in total. The Bertz CT molecular complexity index is 391. The van der Waals surface area contributed by atoms with Gasteiger partial charge < -0.3 is 14.6 Å². The zero-order valence-corrected chi connectivity index (χ0v) is 9.24. The third-order valence-corrected chi connectivity index (χ3v) is 3.77. The van der Waals surface area contributed by atoms with Gasteiger partial charge in [0.25, 0.3) is 0 Å².